The van der Waals surface area contributed by atoms with E-state index >= 15 is 0 Å². The third-order valence-electron chi connectivity index (χ3n) is 2.95. The maximum atomic E-state index is 12.1. The quantitative estimate of drug-likeness (QED) is 0.767. The van der Waals surface area contributed by atoms with E-state index in [1.807, 2.05) is 24.3 Å². The highest BCUT2D eigenvalue weighted by Gasteiger charge is 2.13. The lowest BCUT2D eigenvalue weighted by Crippen LogP contribution is -2.11. The molecule has 0 bridgehead atoms. The summed E-state index contributed by atoms with van der Waals surface area (Å²) >= 11 is 0. The molecule has 0 aliphatic rings. The summed E-state index contributed by atoms with van der Waals surface area (Å²) in [6, 6.07) is 17.9. The number of nitrogens with one attached hydrogen (secondary N) is 1. The lowest BCUT2D eigenvalue weighted by atomic mass is 10.2. The van der Waals surface area contributed by atoms with Gasteiger partial charge in [0.25, 0.3) is 5.91 Å². The molecule has 0 aliphatic heterocycles. The molecule has 0 aliphatic carbocycles. The molecule has 96 valence electrons. The monoisotopic (exact) mass is 262 g/mol. The number of carbonyl (C=O) groups excluding carboxylic acids is 1. The van der Waals surface area contributed by atoms with Crippen LogP contribution in [-0.2, 0) is 0 Å². The van der Waals surface area contributed by atoms with Crippen LogP contribution in [0, 0.1) is 11.3 Å². The lowest BCUT2D eigenvalue weighted by molar-refractivity contribution is 0.0998. The minimum Gasteiger partial charge on any atom is -0.451 e. The number of benzene rings is 2. The molecule has 1 N–H and O–H groups in total. The van der Waals surface area contributed by atoms with Gasteiger partial charge in [-0.2, -0.15) is 5.26 Å². The van der Waals surface area contributed by atoms with E-state index in [1.54, 1.807) is 36.4 Å². The van der Waals surface area contributed by atoms with Crippen molar-refractivity contribution in [1.82, 2.24) is 0 Å². The molecule has 4 heteroatoms. The molecule has 2 aromatic carbocycles. The van der Waals surface area contributed by atoms with E-state index < -0.39 is 0 Å². The number of para-hydroxylation sites is 2. The van der Waals surface area contributed by atoms with Crippen molar-refractivity contribution in [3.05, 3.63) is 65.9 Å². The number of anilines is 1. The highest BCUT2D eigenvalue weighted by molar-refractivity contribution is 6.05. The Morgan fingerprint density at radius 3 is 2.65 bits per heavy atom. The molecule has 0 saturated carbocycles. The number of furan rings is 1. The number of hydrogen-bond donors (Lipinski definition) is 1. The van der Waals surface area contributed by atoms with Crippen molar-refractivity contribution in [2.45, 2.75) is 0 Å². The van der Waals surface area contributed by atoms with Crippen molar-refractivity contribution in [3.8, 4) is 6.07 Å². The summed E-state index contributed by atoms with van der Waals surface area (Å²) in [5, 5.41) is 12.5. The van der Waals surface area contributed by atoms with Crippen LogP contribution in [0.5, 0.6) is 0 Å². The van der Waals surface area contributed by atoms with Gasteiger partial charge in [-0.1, -0.05) is 30.3 Å². The number of amides is 1. The van der Waals surface area contributed by atoms with Gasteiger partial charge < -0.3 is 9.73 Å². The Morgan fingerprint density at radius 1 is 1.10 bits per heavy atom. The first kappa shape index (κ1) is 12.0. The Bertz CT molecular complexity index is 795. The molecule has 1 amide bonds. The third kappa shape index (κ3) is 2.13. The SMILES string of the molecule is N#Cc1ccccc1NC(=O)c1cc2ccccc2o1. The first-order valence-electron chi connectivity index (χ1n) is 6.07. The summed E-state index contributed by atoms with van der Waals surface area (Å²) in [6.45, 7) is 0. The summed E-state index contributed by atoms with van der Waals surface area (Å²) in [6.07, 6.45) is 0. The summed E-state index contributed by atoms with van der Waals surface area (Å²) in [5.41, 5.74) is 1.55. The first-order chi connectivity index (χ1) is 9.78. The summed E-state index contributed by atoms with van der Waals surface area (Å²) < 4.78 is 5.48. The average molecular weight is 262 g/mol. The van der Waals surface area contributed by atoms with Crippen molar-refractivity contribution in [1.29, 1.82) is 5.26 Å². The van der Waals surface area contributed by atoms with Crippen LogP contribution >= 0.6 is 0 Å². The third-order valence-corrected chi connectivity index (χ3v) is 2.95. The highest BCUT2D eigenvalue weighted by atomic mass is 16.3. The Hall–Kier alpha value is -3.06. The van der Waals surface area contributed by atoms with E-state index in [4.69, 9.17) is 9.68 Å². The van der Waals surface area contributed by atoms with Gasteiger partial charge in [-0.15, -0.1) is 0 Å². The van der Waals surface area contributed by atoms with Crippen LogP contribution in [0.2, 0.25) is 0 Å². The minimum atomic E-state index is -0.371. The maximum Gasteiger partial charge on any atom is 0.291 e. The largest absolute Gasteiger partial charge is 0.451 e. The van der Waals surface area contributed by atoms with E-state index in [0.717, 1.165) is 5.39 Å². The summed E-state index contributed by atoms with van der Waals surface area (Å²) in [7, 11) is 0. The van der Waals surface area contributed by atoms with Gasteiger partial charge in [0.2, 0.25) is 0 Å². The predicted molar refractivity (Wildman–Crippen MR) is 75.3 cm³/mol. The molecule has 0 spiro atoms. The van der Waals surface area contributed by atoms with Crippen molar-refractivity contribution in [2.75, 3.05) is 5.32 Å². The van der Waals surface area contributed by atoms with Gasteiger partial charge in [-0.3, -0.25) is 4.79 Å². The van der Waals surface area contributed by atoms with Crippen LogP contribution in [0.15, 0.2) is 59.0 Å². The molecule has 0 fully saturated rings. The Balaban J connectivity index is 1.91. The molecular weight excluding hydrogens is 252 g/mol. The van der Waals surface area contributed by atoms with Crippen molar-refractivity contribution < 1.29 is 9.21 Å². The standard InChI is InChI=1S/C16H10N2O2/c17-10-12-6-1-3-7-13(12)18-16(19)15-9-11-5-2-4-8-14(11)20-15/h1-9H,(H,18,19). The van der Waals surface area contributed by atoms with Crippen molar-refractivity contribution in [2.24, 2.45) is 0 Å². The van der Waals surface area contributed by atoms with E-state index in [-0.39, 0.29) is 11.7 Å². The van der Waals surface area contributed by atoms with E-state index in [2.05, 4.69) is 5.32 Å². The van der Waals surface area contributed by atoms with Gasteiger partial charge >= 0.3 is 0 Å². The zero-order valence-corrected chi connectivity index (χ0v) is 10.5. The van der Waals surface area contributed by atoms with Crippen LogP contribution in [-0.4, -0.2) is 5.91 Å². The maximum absolute atomic E-state index is 12.1. The topological polar surface area (TPSA) is 66.0 Å². The summed E-state index contributed by atoms with van der Waals surface area (Å²) in [5.74, 6) is -0.150. The number of nitrogens with zero attached hydrogens (tertiary/aromatic N) is 1. The van der Waals surface area contributed by atoms with Gasteiger partial charge in [0, 0.05) is 5.39 Å². The zero-order chi connectivity index (χ0) is 13.9. The number of nitriles is 1. The van der Waals surface area contributed by atoms with Crippen molar-refractivity contribution >= 4 is 22.6 Å². The second kappa shape index (κ2) is 4.90. The van der Waals surface area contributed by atoms with E-state index in [9.17, 15) is 4.79 Å². The molecule has 0 radical (unpaired) electrons. The van der Waals surface area contributed by atoms with Crippen LogP contribution in [0.3, 0.4) is 0 Å². The minimum absolute atomic E-state index is 0.221. The van der Waals surface area contributed by atoms with E-state index in [0.29, 0.717) is 16.8 Å². The molecule has 0 unspecified atom stereocenters. The molecule has 1 heterocycles. The molecule has 3 aromatic rings. The second-order valence-electron chi connectivity index (χ2n) is 4.26. The number of carbonyl (C=O) groups is 1. The number of fused-ring (bicyclic) bond motifs is 1. The molecule has 20 heavy (non-hydrogen) atoms. The van der Waals surface area contributed by atoms with Crippen LogP contribution in [0.1, 0.15) is 16.1 Å². The predicted octanol–water partition coefficient (Wildman–Crippen LogP) is 3.56. The van der Waals surface area contributed by atoms with Gasteiger partial charge in [0.15, 0.2) is 5.76 Å². The van der Waals surface area contributed by atoms with Crippen LogP contribution < -0.4 is 5.32 Å². The van der Waals surface area contributed by atoms with E-state index in [1.165, 1.54) is 0 Å². The lowest BCUT2D eigenvalue weighted by Gasteiger charge is -2.04. The summed E-state index contributed by atoms with van der Waals surface area (Å²) in [4.78, 5) is 12.1. The molecule has 0 atom stereocenters. The number of hydrogen-bond acceptors (Lipinski definition) is 3. The van der Waals surface area contributed by atoms with Gasteiger partial charge in [-0.05, 0) is 24.3 Å². The first-order valence-corrected chi connectivity index (χ1v) is 6.07. The van der Waals surface area contributed by atoms with Gasteiger partial charge in [-0.25, -0.2) is 0 Å². The molecule has 4 nitrogen and oxygen atoms in total. The van der Waals surface area contributed by atoms with Crippen LogP contribution in [0.25, 0.3) is 11.0 Å². The fourth-order valence-corrected chi connectivity index (χ4v) is 1.97. The molecule has 0 saturated heterocycles. The Kier molecular flexibility index (Phi) is 2.94. The zero-order valence-electron chi connectivity index (χ0n) is 10.5. The Labute approximate surface area is 115 Å². The molecule has 1 aromatic heterocycles. The molecular formula is C16H10N2O2. The second-order valence-corrected chi connectivity index (χ2v) is 4.26. The molecule has 3 rings (SSSR count). The smallest absolute Gasteiger partial charge is 0.291 e. The van der Waals surface area contributed by atoms with Crippen LogP contribution in [0.4, 0.5) is 5.69 Å². The fourth-order valence-electron chi connectivity index (χ4n) is 1.97. The number of rotatable bonds is 2. The van der Waals surface area contributed by atoms with Crippen molar-refractivity contribution in [3.63, 3.8) is 0 Å². The fraction of sp³-hybridized carbons (Fsp3) is 0. The van der Waals surface area contributed by atoms with Gasteiger partial charge in [0.05, 0.1) is 11.3 Å². The van der Waals surface area contributed by atoms with Gasteiger partial charge in [0.1, 0.15) is 11.7 Å². The average Bonchev–Trinajstić information content (AvgIpc) is 2.92. The Morgan fingerprint density at radius 2 is 1.85 bits per heavy atom. The highest BCUT2D eigenvalue weighted by Crippen LogP contribution is 2.20. The normalized spacial score (nSPS) is 10.2.